The number of methoxy groups -OCH3 is 1. The molecule has 0 spiro atoms. The highest BCUT2D eigenvalue weighted by Crippen LogP contribution is 2.31. The number of benzene rings is 3. The van der Waals surface area contributed by atoms with E-state index in [2.05, 4.69) is 15.6 Å². The highest BCUT2D eigenvalue weighted by molar-refractivity contribution is 6.20. The van der Waals surface area contributed by atoms with Crippen molar-refractivity contribution >= 4 is 23.3 Å². The number of nitriles is 1. The van der Waals surface area contributed by atoms with E-state index in [1.54, 1.807) is 55.6 Å². The summed E-state index contributed by atoms with van der Waals surface area (Å²) < 4.78 is 5.13. The van der Waals surface area contributed by atoms with Crippen LogP contribution >= 0.6 is 0 Å². The number of hydrogen-bond acceptors (Lipinski definition) is 5. The van der Waals surface area contributed by atoms with Crippen LogP contribution in [0.2, 0.25) is 0 Å². The van der Waals surface area contributed by atoms with Crippen molar-refractivity contribution in [3.8, 4) is 11.8 Å². The molecule has 34 heavy (non-hydrogen) atoms. The summed E-state index contributed by atoms with van der Waals surface area (Å²) in [7, 11) is 1.55. The number of nitrogens with zero attached hydrogens (tertiary/aromatic N) is 2. The van der Waals surface area contributed by atoms with E-state index < -0.39 is 5.91 Å². The molecule has 1 aliphatic heterocycles. The fraction of sp³-hybridized carbons (Fsp3) is 0.111. The van der Waals surface area contributed by atoms with Crippen molar-refractivity contribution in [2.75, 3.05) is 7.11 Å². The average Bonchev–Trinajstić information content (AvgIpc) is 3.23. The number of fused-ring (bicyclic) bond motifs is 1. The van der Waals surface area contributed by atoms with Crippen molar-refractivity contribution in [2.24, 2.45) is 4.99 Å². The third-order valence-corrected chi connectivity index (χ3v) is 5.47. The Morgan fingerprint density at radius 1 is 0.941 bits per heavy atom. The molecule has 3 aromatic carbocycles. The summed E-state index contributed by atoms with van der Waals surface area (Å²) in [4.78, 5) is 30.3. The molecule has 0 saturated carbocycles. The third-order valence-electron chi connectivity index (χ3n) is 5.47. The number of carbonyl (C=O) groups excluding carboxylic acids is 2. The van der Waals surface area contributed by atoms with Gasteiger partial charge in [-0.1, -0.05) is 54.6 Å². The summed E-state index contributed by atoms with van der Waals surface area (Å²) in [5, 5.41) is 15.5. The van der Waals surface area contributed by atoms with Crippen LogP contribution in [0.25, 0.3) is 5.70 Å². The van der Waals surface area contributed by atoms with E-state index >= 15 is 0 Å². The molecule has 0 unspecified atom stereocenters. The van der Waals surface area contributed by atoms with Crippen LogP contribution in [0.4, 0.5) is 0 Å². The van der Waals surface area contributed by atoms with E-state index in [0.29, 0.717) is 22.4 Å². The lowest BCUT2D eigenvalue weighted by atomic mass is 10.0. The first kappa shape index (κ1) is 22.5. The monoisotopic (exact) mass is 450 g/mol. The lowest BCUT2D eigenvalue weighted by Crippen LogP contribution is -2.30. The predicted octanol–water partition coefficient (Wildman–Crippen LogP) is 4.00. The first-order chi connectivity index (χ1) is 16.5. The van der Waals surface area contributed by atoms with Gasteiger partial charge in [-0.25, -0.2) is 4.99 Å². The van der Waals surface area contributed by atoms with Gasteiger partial charge in [-0.05, 0) is 36.8 Å². The van der Waals surface area contributed by atoms with Crippen molar-refractivity contribution in [1.82, 2.24) is 10.6 Å². The Balaban J connectivity index is 1.64. The molecule has 3 aromatic rings. The van der Waals surface area contributed by atoms with Gasteiger partial charge in [0.05, 0.1) is 18.8 Å². The number of amides is 2. The van der Waals surface area contributed by atoms with E-state index in [4.69, 9.17) is 4.74 Å². The van der Waals surface area contributed by atoms with E-state index in [1.807, 2.05) is 43.3 Å². The Bertz CT molecular complexity index is 1340. The molecular weight excluding hydrogens is 428 g/mol. The summed E-state index contributed by atoms with van der Waals surface area (Å²) in [6.45, 7) is 1.85. The van der Waals surface area contributed by atoms with E-state index in [-0.39, 0.29) is 29.1 Å². The predicted molar refractivity (Wildman–Crippen MR) is 129 cm³/mol. The summed E-state index contributed by atoms with van der Waals surface area (Å²) in [6.07, 6.45) is 0. The first-order valence-corrected chi connectivity index (χ1v) is 10.7. The maximum absolute atomic E-state index is 13.0. The Labute approximate surface area is 197 Å². The van der Waals surface area contributed by atoms with Gasteiger partial charge in [-0.2, -0.15) is 5.26 Å². The first-order valence-electron chi connectivity index (χ1n) is 10.7. The summed E-state index contributed by atoms with van der Waals surface area (Å²) in [5.41, 5.74) is 2.68. The summed E-state index contributed by atoms with van der Waals surface area (Å²) in [6, 6.07) is 25.0. The van der Waals surface area contributed by atoms with E-state index in [9.17, 15) is 14.9 Å². The van der Waals surface area contributed by atoms with Gasteiger partial charge in [0, 0.05) is 16.7 Å². The molecule has 2 N–H and O–H groups in total. The van der Waals surface area contributed by atoms with Crippen LogP contribution in [0.1, 0.15) is 40.0 Å². The van der Waals surface area contributed by atoms with Crippen molar-refractivity contribution in [3.05, 3.63) is 107 Å². The van der Waals surface area contributed by atoms with Crippen LogP contribution in [-0.2, 0) is 4.79 Å². The van der Waals surface area contributed by atoms with Gasteiger partial charge in [-0.3, -0.25) is 9.59 Å². The third kappa shape index (κ3) is 4.57. The average molecular weight is 450 g/mol. The quantitative estimate of drug-likeness (QED) is 0.453. The molecule has 1 aliphatic rings. The van der Waals surface area contributed by atoms with Gasteiger partial charge < -0.3 is 15.4 Å². The lowest BCUT2D eigenvalue weighted by Gasteiger charge is -2.14. The van der Waals surface area contributed by atoms with Crippen molar-refractivity contribution in [3.63, 3.8) is 0 Å². The largest absolute Gasteiger partial charge is 0.497 e. The molecule has 0 radical (unpaired) electrons. The molecule has 0 saturated heterocycles. The highest BCUT2D eigenvalue weighted by Gasteiger charge is 2.28. The molecule has 7 nitrogen and oxygen atoms in total. The topological polar surface area (TPSA) is 104 Å². The Kier molecular flexibility index (Phi) is 6.51. The second-order valence-electron chi connectivity index (χ2n) is 7.63. The van der Waals surface area contributed by atoms with Gasteiger partial charge >= 0.3 is 0 Å². The van der Waals surface area contributed by atoms with Crippen LogP contribution in [0.3, 0.4) is 0 Å². The Morgan fingerprint density at radius 3 is 2.24 bits per heavy atom. The molecule has 1 atom stereocenters. The van der Waals surface area contributed by atoms with Gasteiger partial charge in [-0.15, -0.1) is 0 Å². The second-order valence-corrected chi connectivity index (χ2v) is 7.63. The highest BCUT2D eigenvalue weighted by atomic mass is 16.5. The standard InChI is InChI=1S/C27H22N4O3/c1-17(18-8-4-3-5-9-18)29-27(33)23(16-28)24-21-10-6-7-11-22(21)25(30-24)31-26(32)19-12-14-20(34-2)15-13-19/h3-15,17H,1-2H3,(H,29,33)(H,30,31,32)/b24-23-/t17-/m0/s1. The molecule has 7 heteroatoms. The van der Waals surface area contributed by atoms with Crippen molar-refractivity contribution in [2.45, 2.75) is 13.0 Å². The molecule has 0 aromatic heterocycles. The molecule has 0 bridgehead atoms. The minimum absolute atomic E-state index is 0.121. The molecule has 0 fully saturated rings. The van der Waals surface area contributed by atoms with E-state index in [0.717, 1.165) is 5.56 Å². The number of rotatable bonds is 5. The van der Waals surface area contributed by atoms with Crippen LogP contribution in [0, 0.1) is 11.3 Å². The summed E-state index contributed by atoms with van der Waals surface area (Å²) >= 11 is 0. The molecule has 0 aliphatic carbocycles. The second kappa shape index (κ2) is 9.84. The van der Waals surface area contributed by atoms with Gasteiger partial charge in [0.1, 0.15) is 23.2 Å². The van der Waals surface area contributed by atoms with Crippen LogP contribution in [0.15, 0.2) is 89.4 Å². The minimum atomic E-state index is -0.532. The van der Waals surface area contributed by atoms with Gasteiger partial charge in [0.15, 0.2) is 0 Å². The zero-order valence-corrected chi connectivity index (χ0v) is 18.7. The van der Waals surface area contributed by atoms with Crippen LogP contribution in [-0.4, -0.2) is 24.8 Å². The number of aliphatic imine (C=N–C) groups is 1. The van der Waals surface area contributed by atoms with Gasteiger partial charge in [0.25, 0.3) is 11.8 Å². The summed E-state index contributed by atoms with van der Waals surface area (Å²) in [5.74, 6) is 0.0241. The maximum atomic E-state index is 13.0. The smallest absolute Gasteiger partial charge is 0.264 e. The normalized spacial score (nSPS) is 14.2. The van der Waals surface area contributed by atoms with Crippen LogP contribution < -0.4 is 15.4 Å². The van der Waals surface area contributed by atoms with Crippen molar-refractivity contribution in [1.29, 1.82) is 5.26 Å². The number of nitrogens with one attached hydrogen (secondary N) is 2. The van der Waals surface area contributed by atoms with Gasteiger partial charge in [0.2, 0.25) is 0 Å². The molecule has 2 amide bonds. The molecular formula is C27H22N4O3. The molecule has 4 rings (SSSR count). The number of ether oxygens (including phenoxy) is 1. The Morgan fingerprint density at radius 2 is 1.59 bits per heavy atom. The number of hydrogen-bond donors (Lipinski definition) is 2. The van der Waals surface area contributed by atoms with Crippen LogP contribution in [0.5, 0.6) is 5.75 Å². The zero-order chi connectivity index (χ0) is 24.1. The SMILES string of the molecule is COc1ccc(C(=O)NC2=N/C(=C(/C#N)C(=O)N[C@@H](C)c3ccccc3)c3ccccc32)cc1. The fourth-order valence-corrected chi connectivity index (χ4v) is 3.64. The molecule has 1 heterocycles. The van der Waals surface area contributed by atoms with Crippen molar-refractivity contribution < 1.29 is 14.3 Å². The van der Waals surface area contributed by atoms with E-state index in [1.165, 1.54) is 0 Å². The number of amidine groups is 1. The molecule has 168 valence electrons. The zero-order valence-electron chi connectivity index (χ0n) is 18.7. The number of carbonyl (C=O) groups is 2. The lowest BCUT2D eigenvalue weighted by molar-refractivity contribution is -0.117. The maximum Gasteiger partial charge on any atom is 0.264 e. The minimum Gasteiger partial charge on any atom is -0.497 e. The fourth-order valence-electron chi connectivity index (χ4n) is 3.64. The Hall–Kier alpha value is -4.70.